The smallest absolute Gasteiger partial charge is 0.339 e. The summed E-state index contributed by atoms with van der Waals surface area (Å²) in [5.41, 5.74) is 3.23. The quantitative estimate of drug-likeness (QED) is 0.263. The third-order valence-corrected chi connectivity index (χ3v) is 7.94. The highest BCUT2D eigenvalue weighted by atomic mass is 32.2. The van der Waals surface area contributed by atoms with Crippen molar-refractivity contribution in [3.63, 3.8) is 0 Å². The van der Waals surface area contributed by atoms with Gasteiger partial charge in [0.05, 0.1) is 30.7 Å². The summed E-state index contributed by atoms with van der Waals surface area (Å²) < 4.78 is 11.6. The zero-order valence-corrected chi connectivity index (χ0v) is 20.3. The van der Waals surface area contributed by atoms with E-state index in [1.165, 1.54) is 30.2 Å². The van der Waals surface area contributed by atoms with E-state index in [1.807, 2.05) is 31.2 Å². The van der Waals surface area contributed by atoms with Gasteiger partial charge < -0.3 is 14.5 Å². The number of aryl methyl sites for hydroxylation is 1. The number of aromatic nitrogens is 3. The molecule has 2 heterocycles. The van der Waals surface area contributed by atoms with E-state index in [9.17, 15) is 9.59 Å². The number of ketones is 1. The lowest BCUT2D eigenvalue weighted by molar-refractivity contribution is 0.0599. The van der Waals surface area contributed by atoms with Crippen LogP contribution in [0.15, 0.2) is 32.9 Å². The molecule has 0 aliphatic carbocycles. The Kier molecular flexibility index (Phi) is 7.79. The summed E-state index contributed by atoms with van der Waals surface area (Å²) in [4.78, 5) is 28.0. The van der Waals surface area contributed by atoms with Crippen LogP contribution in [0.4, 0.5) is 0 Å². The highest BCUT2D eigenvalue weighted by molar-refractivity contribution is 8.03. The molecular formula is C21H23N3O4S3. The van der Waals surface area contributed by atoms with E-state index in [-0.39, 0.29) is 11.0 Å². The van der Waals surface area contributed by atoms with Crippen LogP contribution in [0.3, 0.4) is 0 Å². The van der Waals surface area contributed by atoms with E-state index < -0.39 is 5.97 Å². The molecule has 0 saturated carbocycles. The van der Waals surface area contributed by atoms with E-state index in [0.29, 0.717) is 22.5 Å². The molecule has 0 fully saturated rings. The standard InChI is InChI=1S/C21H23N3O4S3/c1-11-16(19(26)28-5)12(2)22-17(11)18(25)13(3)30-21-24-23-20(31-21)29-10-14-6-8-15(27-4)9-7-14/h6-9,13,22H,10H2,1-5H3. The average molecular weight is 478 g/mol. The first-order valence-electron chi connectivity index (χ1n) is 9.41. The van der Waals surface area contributed by atoms with Gasteiger partial charge in [0.2, 0.25) is 0 Å². The van der Waals surface area contributed by atoms with E-state index in [1.54, 1.807) is 32.7 Å². The Hall–Kier alpha value is -2.30. The lowest BCUT2D eigenvalue weighted by Crippen LogP contribution is -2.15. The minimum absolute atomic E-state index is 0.0941. The zero-order chi connectivity index (χ0) is 22.5. The molecule has 7 nitrogen and oxygen atoms in total. The molecule has 1 unspecified atom stereocenters. The van der Waals surface area contributed by atoms with E-state index in [2.05, 4.69) is 15.2 Å². The molecule has 10 heteroatoms. The number of Topliss-reactive ketones (excluding diaryl/α,β-unsaturated/α-hetero) is 1. The number of esters is 1. The largest absolute Gasteiger partial charge is 0.497 e. The second kappa shape index (κ2) is 10.3. The summed E-state index contributed by atoms with van der Waals surface area (Å²) in [5.74, 6) is 1.06. The number of H-pyrrole nitrogens is 1. The van der Waals surface area contributed by atoms with E-state index in [4.69, 9.17) is 9.47 Å². The van der Waals surface area contributed by atoms with Crippen LogP contribution in [0.5, 0.6) is 5.75 Å². The molecule has 0 saturated heterocycles. The third-order valence-electron chi connectivity index (χ3n) is 4.63. The van der Waals surface area contributed by atoms with Crippen molar-refractivity contribution in [3.8, 4) is 5.75 Å². The Morgan fingerprint density at radius 1 is 1.13 bits per heavy atom. The van der Waals surface area contributed by atoms with Gasteiger partial charge in [0.1, 0.15) is 5.75 Å². The van der Waals surface area contributed by atoms with Gasteiger partial charge in [-0.1, -0.05) is 47.0 Å². The van der Waals surface area contributed by atoms with Crippen molar-refractivity contribution in [1.82, 2.24) is 15.2 Å². The Morgan fingerprint density at radius 2 is 1.81 bits per heavy atom. The number of hydrogen-bond donors (Lipinski definition) is 1. The van der Waals surface area contributed by atoms with Gasteiger partial charge >= 0.3 is 5.97 Å². The van der Waals surface area contributed by atoms with Crippen molar-refractivity contribution >= 4 is 46.6 Å². The predicted octanol–water partition coefficient (Wildman–Crippen LogP) is 4.93. The molecule has 1 aromatic carbocycles. The fourth-order valence-electron chi connectivity index (χ4n) is 2.98. The van der Waals surface area contributed by atoms with E-state index >= 15 is 0 Å². The number of rotatable bonds is 9. The van der Waals surface area contributed by atoms with Gasteiger partial charge in [-0.2, -0.15) is 0 Å². The SMILES string of the molecule is COC(=O)c1c(C)[nH]c(C(=O)C(C)Sc2nnc(SCc3ccc(OC)cc3)s2)c1C. The van der Waals surface area contributed by atoms with Crippen LogP contribution in [-0.4, -0.2) is 46.4 Å². The topological polar surface area (TPSA) is 94.2 Å². The predicted molar refractivity (Wildman–Crippen MR) is 124 cm³/mol. The number of nitrogens with zero attached hydrogens (tertiary/aromatic N) is 2. The summed E-state index contributed by atoms with van der Waals surface area (Å²) >= 11 is 4.43. The van der Waals surface area contributed by atoms with Crippen LogP contribution in [0.25, 0.3) is 0 Å². The summed E-state index contributed by atoms with van der Waals surface area (Å²) in [6.45, 7) is 5.33. The number of benzene rings is 1. The number of aromatic amines is 1. The van der Waals surface area contributed by atoms with Gasteiger partial charge in [-0.05, 0) is 44.0 Å². The van der Waals surface area contributed by atoms with Crippen molar-refractivity contribution < 1.29 is 19.1 Å². The third kappa shape index (κ3) is 5.50. The van der Waals surface area contributed by atoms with Crippen molar-refractivity contribution in [2.75, 3.05) is 14.2 Å². The first kappa shape index (κ1) is 23.4. The Labute approximate surface area is 193 Å². The van der Waals surface area contributed by atoms with Crippen LogP contribution < -0.4 is 4.74 Å². The number of thioether (sulfide) groups is 2. The minimum atomic E-state index is -0.451. The molecule has 1 atom stereocenters. The van der Waals surface area contributed by atoms with Crippen LogP contribution in [0.2, 0.25) is 0 Å². The van der Waals surface area contributed by atoms with Crippen molar-refractivity contribution in [2.24, 2.45) is 0 Å². The molecule has 31 heavy (non-hydrogen) atoms. The highest BCUT2D eigenvalue weighted by Crippen LogP contribution is 2.34. The molecule has 0 aliphatic rings. The summed E-state index contributed by atoms with van der Waals surface area (Å²) in [6, 6.07) is 7.90. The van der Waals surface area contributed by atoms with Gasteiger partial charge in [0.15, 0.2) is 14.5 Å². The number of carbonyl (C=O) groups is 2. The van der Waals surface area contributed by atoms with Crippen LogP contribution in [-0.2, 0) is 10.5 Å². The van der Waals surface area contributed by atoms with Gasteiger partial charge in [-0.25, -0.2) is 4.79 Å². The summed E-state index contributed by atoms with van der Waals surface area (Å²) in [7, 11) is 2.97. The summed E-state index contributed by atoms with van der Waals surface area (Å²) in [6.07, 6.45) is 0. The molecule has 2 aromatic heterocycles. The fraction of sp³-hybridized carbons (Fsp3) is 0.333. The second-order valence-electron chi connectivity index (χ2n) is 6.71. The van der Waals surface area contributed by atoms with Crippen molar-refractivity contribution in [3.05, 3.63) is 52.3 Å². The average Bonchev–Trinajstić information content (AvgIpc) is 3.34. The Bertz CT molecular complexity index is 1080. The number of hydrogen-bond acceptors (Lipinski definition) is 9. The number of nitrogens with one attached hydrogen (secondary N) is 1. The molecule has 1 N–H and O–H groups in total. The molecule has 0 spiro atoms. The van der Waals surface area contributed by atoms with Crippen molar-refractivity contribution in [1.29, 1.82) is 0 Å². The zero-order valence-electron chi connectivity index (χ0n) is 17.8. The highest BCUT2D eigenvalue weighted by Gasteiger charge is 2.26. The van der Waals surface area contributed by atoms with E-state index in [0.717, 1.165) is 25.7 Å². The van der Waals surface area contributed by atoms with Crippen LogP contribution in [0, 0.1) is 13.8 Å². The summed E-state index contributed by atoms with van der Waals surface area (Å²) in [5, 5.41) is 8.06. The normalized spacial score (nSPS) is 11.9. The van der Waals surface area contributed by atoms with Crippen LogP contribution in [0.1, 0.15) is 44.6 Å². The van der Waals surface area contributed by atoms with Crippen LogP contribution >= 0.6 is 34.9 Å². The molecular weight excluding hydrogens is 454 g/mol. The Balaban J connectivity index is 1.62. The molecule has 3 rings (SSSR count). The maximum atomic E-state index is 13.0. The lowest BCUT2D eigenvalue weighted by atomic mass is 10.1. The number of ether oxygens (including phenoxy) is 2. The second-order valence-corrected chi connectivity index (χ2v) is 10.5. The van der Waals surface area contributed by atoms with Gasteiger partial charge in [0.25, 0.3) is 0 Å². The first-order valence-corrected chi connectivity index (χ1v) is 12.1. The van der Waals surface area contributed by atoms with Crippen molar-refractivity contribution in [2.45, 2.75) is 40.5 Å². The number of carbonyl (C=O) groups excluding carboxylic acids is 2. The minimum Gasteiger partial charge on any atom is -0.497 e. The maximum Gasteiger partial charge on any atom is 0.339 e. The molecule has 0 aliphatic heterocycles. The first-order chi connectivity index (χ1) is 14.8. The molecule has 164 valence electrons. The monoisotopic (exact) mass is 477 g/mol. The Morgan fingerprint density at radius 3 is 2.45 bits per heavy atom. The van der Waals surface area contributed by atoms with Gasteiger partial charge in [-0.3, -0.25) is 4.79 Å². The van der Waals surface area contributed by atoms with Gasteiger partial charge in [0, 0.05) is 11.4 Å². The molecule has 0 bridgehead atoms. The number of methoxy groups -OCH3 is 2. The van der Waals surface area contributed by atoms with Gasteiger partial charge in [-0.15, -0.1) is 10.2 Å². The molecule has 3 aromatic rings. The maximum absolute atomic E-state index is 13.0. The fourth-order valence-corrected chi connectivity index (χ4v) is 6.16. The molecule has 0 amide bonds. The molecule has 0 radical (unpaired) electrons. The lowest BCUT2D eigenvalue weighted by Gasteiger charge is -2.07.